The van der Waals surface area contributed by atoms with E-state index in [1.54, 1.807) is 0 Å². The molecule has 4 atom stereocenters. The summed E-state index contributed by atoms with van der Waals surface area (Å²) >= 11 is 0. The fourth-order valence-electron chi connectivity index (χ4n) is 2.91. The highest BCUT2D eigenvalue weighted by atomic mass is 16.5. The molecule has 0 aliphatic carbocycles. The van der Waals surface area contributed by atoms with Crippen molar-refractivity contribution in [2.45, 2.75) is 31.8 Å². The van der Waals surface area contributed by atoms with Gasteiger partial charge in [-0.25, -0.2) is 0 Å². The number of likely N-dealkylation sites (tertiary alicyclic amines) is 1. The van der Waals surface area contributed by atoms with E-state index < -0.39 is 0 Å². The number of rotatable bonds is 3. The molecule has 0 aromatic heterocycles. The van der Waals surface area contributed by atoms with Crippen molar-refractivity contribution in [2.75, 3.05) is 32.9 Å². The van der Waals surface area contributed by atoms with Gasteiger partial charge in [-0.05, 0) is 25.3 Å². The molecular weight excluding hydrogens is 204 g/mol. The van der Waals surface area contributed by atoms with Crippen LogP contribution in [-0.4, -0.2) is 55.0 Å². The van der Waals surface area contributed by atoms with Gasteiger partial charge in [-0.1, -0.05) is 6.92 Å². The van der Waals surface area contributed by atoms with Gasteiger partial charge in [0.15, 0.2) is 0 Å². The summed E-state index contributed by atoms with van der Waals surface area (Å²) in [6.07, 6.45) is 2.16. The molecule has 4 heteroatoms. The summed E-state index contributed by atoms with van der Waals surface area (Å²) in [5.74, 6) is 1.04. The van der Waals surface area contributed by atoms with Crippen LogP contribution < -0.4 is 5.73 Å². The molecule has 2 aliphatic rings. The van der Waals surface area contributed by atoms with Gasteiger partial charge in [0.25, 0.3) is 0 Å². The minimum atomic E-state index is 0.268. The third-order valence-electron chi connectivity index (χ3n) is 4.19. The Morgan fingerprint density at radius 2 is 2.25 bits per heavy atom. The van der Waals surface area contributed by atoms with E-state index in [0.717, 1.165) is 32.7 Å². The lowest BCUT2D eigenvalue weighted by molar-refractivity contribution is 0.0181. The van der Waals surface area contributed by atoms with Crippen LogP contribution in [0.4, 0.5) is 0 Å². The highest BCUT2D eigenvalue weighted by Crippen LogP contribution is 2.26. The summed E-state index contributed by atoms with van der Waals surface area (Å²) in [7, 11) is 0. The molecule has 2 fully saturated rings. The average molecular weight is 228 g/mol. The molecule has 4 nitrogen and oxygen atoms in total. The van der Waals surface area contributed by atoms with Crippen LogP contribution in [0, 0.1) is 11.8 Å². The Morgan fingerprint density at radius 1 is 1.44 bits per heavy atom. The zero-order chi connectivity index (χ0) is 11.5. The van der Waals surface area contributed by atoms with Gasteiger partial charge in [-0.2, -0.15) is 0 Å². The van der Waals surface area contributed by atoms with Crippen molar-refractivity contribution in [3.8, 4) is 0 Å². The Bertz CT molecular complexity index is 225. The number of hydrogen-bond donors (Lipinski definition) is 2. The maximum absolute atomic E-state index is 9.40. The maximum Gasteiger partial charge on any atom is 0.0589 e. The molecule has 94 valence electrons. The lowest BCUT2D eigenvalue weighted by Gasteiger charge is -2.34. The monoisotopic (exact) mass is 228 g/mol. The normalized spacial score (nSPS) is 41.4. The molecule has 0 bridgehead atoms. The second-order valence-corrected chi connectivity index (χ2v) is 5.30. The molecule has 2 rings (SSSR count). The molecule has 0 amide bonds. The SMILES string of the molecule is CC1CCN(CC2COCCC2N)C1CO. The summed E-state index contributed by atoms with van der Waals surface area (Å²) in [5, 5.41) is 9.40. The average Bonchev–Trinajstić information content (AvgIpc) is 2.63. The van der Waals surface area contributed by atoms with E-state index in [-0.39, 0.29) is 12.6 Å². The molecule has 0 saturated carbocycles. The smallest absolute Gasteiger partial charge is 0.0589 e. The fourth-order valence-corrected chi connectivity index (χ4v) is 2.91. The standard InChI is InChI=1S/C12H24N2O2/c1-9-2-4-14(12(9)7-15)6-10-8-16-5-3-11(10)13/h9-12,15H,2-8,13H2,1H3. The molecule has 0 aromatic carbocycles. The van der Waals surface area contributed by atoms with Gasteiger partial charge >= 0.3 is 0 Å². The van der Waals surface area contributed by atoms with Crippen LogP contribution in [0.5, 0.6) is 0 Å². The highest BCUT2D eigenvalue weighted by molar-refractivity contribution is 4.88. The van der Waals surface area contributed by atoms with Crippen molar-refractivity contribution in [3.63, 3.8) is 0 Å². The minimum absolute atomic E-state index is 0.268. The van der Waals surface area contributed by atoms with E-state index in [1.165, 1.54) is 6.42 Å². The van der Waals surface area contributed by atoms with Crippen LogP contribution in [0.25, 0.3) is 0 Å². The topological polar surface area (TPSA) is 58.7 Å². The lowest BCUT2D eigenvalue weighted by atomic mass is 9.95. The van der Waals surface area contributed by atoms with Gasteiger partial charge in [0, 0.05) is 31.2 Å². The molecule has 2 heterocycles. The van der Waals surface area contributed by atoms with Gasteiger partial charge < -0.3 is 15.6 Å². The summed E-state index contributed by atoms with van der Waals surface area (Å²) in [6, 6.07) is 0.595. The van der Waals surface area contributed by atoms with Crippen LogP contribution >= 0.6 is 0 Å². The van der Waals surface area contributed by atoms with Crippen molar-refractivity contribution < 1.29 is 9.84 Å². The number of aliphatic hydroxyl groups excluding tert-OH is 1. The second kappa shape index (κ2) is 5.45. The Balaban J connectivity index is 1.88. The maximum atomic E-state index is 9.40. The zero-order valence-corrected chi connectivity index (χ0v) is 10.1. The van der Waals surface area contributed by atoms with Gasteiger partial charge in [-0.3, -0.25) is 4.90 Å². The third-order valence-corrected chi connectivity index (χ3v) is 4.19. The van der Waals surface area contributed by atoms with Gasteiger partial charge in [0.05, 0.1) is 13.2 Å². The Labute approximate surface area is 97.7 Å². The van der Waals surface area contributed by atoms with Crippen LogP contribution in [0.15, 0.2) is 0 Å². The minimum Gasteiger partial charge on any atom is -0.395 e. The van der Waals surface area contributed by atoms with Crippen LogP contribution in [0.2, 0.25) is 0 Å². The number of nitrogens with two attached hydrogens (primary N) is 1. The first-order valence-corrected chi connectivity index (χ1v) is 6.40. The Morgan fingerprint density at radius 3 is 2.94 bits per heavy atom. The van der Waals surface area contributed by atoms with Crippen LogP contribution in [-0.2, 0) is 4.74 Å². The van der Waals surface area contributed by atoms with E-state index in [2.05, 4.69) is 11.8 Å². The second-order valence-electron chi connectivity index (χ2n) is 5.30. The van der Waals surface area contributed by atoms with Crippen molar-refractivity contribution in [3.05, 3.63) is 0 Å². The van der Waals surface area contributed by atoms with Gasteiger partial charge in [0.1, 0.15) is 0 Å². The van der Waals surface area contributed by atoms with Crippen molar-refractivity contribution >= 4 is 0 Å². The zero-order valence-electron chi connectivity index (χ0n) is 10.1. The molecule has 0 spiro atoms. The van der Waals surface area contributed by atoms with E-state index in [4.69, 9.17) is 10.5 Å². The van der Waals surface area contributed by atoms with Gasteiger partial charge in [0.2, 0.25) is 0 Å². The first-order valence-electron chi connectivity index (χ1n) is 6.40. The summed E-state index contributed by atoms with van der Waals surface area (Å²) in [6.45, 7) is 6.15. The first kappa shape index (κ1) is 12.3. The van der Waals surface area contributed by atoms with E-state index >= 15 is 0 Å². The predicted molar refractivity (Wildman–Crippen MR) is 63.1 cm³/mol. The molecule has 0 radical (unpaired) electrons. The number of ether oxygens (including phenoxy) is 1. The molecule has 4 unspecified atom stereocenters. The molecule has 16 heavy (non-hydrogen) atoms. The Hall–Kier alpha value is -0.160. The quantitative estimate of drug-likeness (QED) is 0.717. The molecule has 2 saturated heterocycles. The van der Waals surface area contributed by atoms with E-state index in [9.17, 15) is 5.11 Å². The van der Waals surface area contributed by atoms with Crippen LogP contribution in [0.3, 0.4) is 0 Å². The van der Waals surface area contributed by atoms with E-state index in [0.29, 0.717) is 17.9 Å². The predicted octanol–water partition coefficient (Wildman–Crippen LogP) is 0.0529. The molecule has 0 aromatic rings. The number of nitrogens with zero attached hydrogens (tertiary/aromatic N) is 1. The van der Waals surface area contributed by atoms with Crippen molar-refractivity contribution in [1.29, 1.82) is 0 Å². The van der Waals surface area contributed by atoms with Gasteiger partial charge in [-0.15, -0.1) is 0 Å². The third kappa shape index (κ3) is 2.56. The lowest BCUT2D eigenvalue weighted by Crippen LogP contribution is -2.47. The van der Waals surface area contributed by atoms with Crippen molar-refractivity contribution in [1.82, 2.24) is 4.90 Å². The fraction of sp³-hybridized carbons (Fsp3) is 1.00. The Kier molecular flexibility index (Phi) is 4.19. The first-order chi connectivity index (χ1) is 7.72. The largest absolute Gasteiger partial charge is 0.395 e. The van der Waals surface area contributed by atoms with Crippen LogP contribution in [0.1, 0.15) is 19.8 Å². The van der Waals surface area contributed by atoms with E-state index in [1.807, 2.05) is 0 Å². The summed E-state index contributed by atoms with van der Waals surface area (Å²) in [4.78, 5) is 2.39. The highest BCUT2D eigenvalue weighted by Gasteiger charge is 2.33. The summed E-state index contributed by atoms with van der Waals surface area (Å²) in [5.41, 5.74) is 6.11. The molecular formula is C12H24N2O2. The number of aliphatic hydroxyl groups is 1. The summed E-state index contributed by atoms with van der Waals surface area (Å²) < 4.78 is 5.49. The molecule has 3 N–H and O–H groups in total. The molecule has 2 aliphatic heterocycles. The number of hydrogen-bond acceptors (Lipinski definition) is 4. The van der Waals surface area contributed by atoms with Crippen molar-refractivity contribution in [2.24, 2.45) is 17.6 Å².